The summed E-state index contributed by atoms with van der Waals surface area (Å²) in [7, 11) is 0. The molecule has 1 aromatic carbocycles. The number of hydrogen-bond donors (Lipinski definition) is 0. The topological polar surface area (TPSA) is 53.8 Å². The molecule has 0 spiro atoms. The molecule has 1 aliphatic rings. The third-order valence-electron chi connectivity index (χ3n) is 5.60. The molecule has 1 aliphatic heterocycles. The minimum atomic E-state index is -0.247. The van der Waals surface area contributed by atoms with Gasteiger partial charge in [-0.1, -0.05) is 37.1 Å². The molecule has 5 nitrogen and oxygen atoms in total. The van der Waals surface area contributed by atoms with Crippen LogP contribution in [0.25, 0.3) is 0 Å². The standard InChI is InChI=1S/C24H25ClN2O3S/c1-2-3-12-26(24(29)20-5-4-14-30-20)16-22(28)27-13-10-21-19(11-15-31-21)23(27)17-6-8-18(25)9-7-17/h4-9,11,14-15,23H,2-3,10,12-13,16H2,1H3/t23-/m1/s1. The number of amides is 2. The van der Waals surface area contributed by atoms with Crippen molar-refractivity contribution in [2.75, 3.05) is 19.6 Å². The minimum Gasteiger partial charge on any atom is -0.459 e. The third-order valence-corrected chi connectivity index (χ3v) is 6.85. The van der Waals surface area contributed by atoms with E-state index in [0.717, 1.165) is 30.4 Å². The lowest BCUT2D eigenvalue weighted by Gasteiger charge is -2.37. The zero-order chi connectivity index (χ0) is 21.8. The number of unbranched alkanes of at least 4 members (excludes halogenated alkanes) is 1. The Balaban J connectivity index is 1.60. The largest absolute Gasteiger partial charge is 0.459 e. The van der Waals surface area contributed by atoms with E-state index in [1.807, 2.05) is 29.2 Å². The number of fused-ring (bicyclic) bond motifs is 1. The van der Waals surface area contributed by atoms with Crippen molar-refractivity contribution in [2.24, 2.45) is 0 Å². The molecular formula is C24H25ClN2O3S. The molecule has 0 bridgehead atoms. The average Bonchev–Trinajstić information content (AvgIpc) is 3.48. The maximum absolute atomic E-state index is 13.5. The van der Waals surface area contributed by atoms with Gasteiger partial charge in [0.05, 0.1) is 12.3 Å². The van der Waals surface area contributed by atoms with Gasteiger partial charge < -0.3 is 14.2 Å². The van der Waals surface area contributed by atoms with Crippen molar-refractivity contribution < 1.29 is 14.0 Å². The molecule has 0 saturated carbocycles. The molecule has 31 heavy (non-hydrogen) atoms. The van der Waals surface area contributed by atoms with Crippen LogP contribution in [-0.2, 0) is 11.2 Å². The van der Waals surface area contributed by atoms with Crippen molar-refractivity contribution in [3.8, 4) is 0 Å². The first-order valence-corrected chi connectivity index (χ1v) is 11.8. The fourth-order valence-corrected chi connectivity index (χ4v) is 5.03. The Bertz CT molecular complexity index is 1030. The van der Waals surface area contributed by atoms with E-state index in [0.29, 0.717) is 18.1 Å². The van der Waals surface area contributed by atoms with Crippen LogP contribution in [0.1, 0.15) is 52.4 Å². The molecular weight excluding hydrogens is 432 g/mol. The lowest BCUT2D eigenvalue weighted by molar-refractivity contribution is -0.134. The lowest BCUT2D eigenvalue weighted by atomic mass is 9.93. The first-order chi connectivity index (χ1) is 15.1. The fourth-order valence-electron chi connectivity index (χ4n) is 4.00. The van der Waals surface area contributed by atoms with E-state index in [1.165, 1.54) is 11.1 Å². The summed E-state index contributed by atoms with van der Waals surface area (Å²) in [6, 6.07) is 12.9. The van der Waals surface area contributed by atoms with Gasteiger partial charge in [0.25, 0.3) is 5.91 Å². The first kappa shape index (κ1) is 21.7. The van der Waals surface area contributed by atoms with Gasteiger partial charge in [0.2, 0.25) is 5.91 Å². The monoisotopic (exact) mass is 456 g/mol. The van der Waals surface area contributed by atoms with Gasteiger partial charge in [0, 0.05) is 23.0 Å². The highest BCUT2D eigenvalue weighted by molar-refractivity contribution is 7.10. The van der Waals surface area contributed by atoms with Crippen LogP contribution in [0.4, 0.5) is 0 Å². The smallest absolute Gasteiger partial charge is 0.290 e. The average molecular weight is 457 g/mol. The Labute approximate surface area is 191 Å². The van der Waals surface area contributed by atoms with E-state index in [2.05, 4.69) is 18.4 Å². The van der Waals surface area contributed by atoms with Gasteiger partial charge in [0.1, 0.15) is 6.54 Å². The summed E-state index contributed by atoms with van der Waals surface area (Å²) < 4.78 is 5.29. The van der Waals surface area contributed by atoms with Crippen molar-refractivity contribution in [3.05, 3.63) is 80.9 Å². The van der Waals surface area contributed by atoms with Crippen LogP contribution < -0.4 is 0 Å². The number of furan rings is 1. The number of benzene rings is 1. The van der Waals surface area contributed by atoms with Crippen molar-refractivity contribution in [1.82, 2.24) is 9.80 Å². The molecule has 2 aromatic heterocycles. The molecule has 162 valence electrons. The number of carbonyl (C=O) groups is 2. The van der Waals surface area contributed by atoms with Crippen LogP contribution >= 0.6 is 22.9 Å². The van der Waals surface area contributed by atoms with Crippen molar-refractivity contribution in [1.29, 1.82) is 0 Å². The van der Waals surface area contributed by atoms with E-state index < -0.39 is 0 Å². The third kappa shape index (κ3) is 4.70. The molecule has 0 saturated heterocycles. The van der Waals surface area contributed by atoms with Gasteiger partial charge in [-0.05, 0) is 59.7 Å². The summed E-state index contributed by atoms with van der Waals surface area (Å²) in [6.07, 6.45) is 4.07. The van der Waals surface area contributed by atoms with Gasteiger partial charge >= 0.3 is 0 Å². The highest BCUT2D eigenvalue weighted by Crippen LogP contribution is 2.38. The molecule has 0 unspecified atom stereocenters. The normalized spacial score (nSPS) is 15.5. The molecule has 0 radical (unpaired) electrons. The van der Waals surface area contributed by atoms with Crippen molar-refractivity contribution >= 4 is 34.8 Å². The number of halogens is 1. The van der Waals surface area contributed by atoms with Gasteiger partial charge in [-0.25, -0.2) is 0 Å². The summed E-state index contributed by atoms with van der Waals surface area (Å²) in [6.45, 7) is 3.24. The molecule has 3 aromatic rings. The summed E-state index contributed by atoms with van der Waals surface area (Å²) >= 11 is 7.83. The lowest BCUT2D eigenvalue weighted by Crippen LogP contribution is -2.47. The first-order valence-electron chi connectivity index (χ1n) is 10.5. The summed E-state index contributed by atoms with van der Waals surface area (Å²) in [4.78, 5) is 31.2. The van der Waals surface area contributed by atoms with Gasteiger partial charge in [-0.3, -0.25) is 9.59 Å². The van der Waals surface area contributed by atoms with Crippen LogP contribution in [0.15, 0.2) is 58.5 Å². The van der Waals surface area contributed by atoms with E-state index in [9.17, 15) is 9.59 Å². The van der Waals surface area contributed by atoms with Crippen LogP contribution in [0.2, 0.25) is 5.02 Å². The van der Waals surface area contributed by atoms with Crippen LogP contribution in [-0.4, -0.2) is 41.2 Å². The van der Waals surface area contributed by atoms with E-state index in [4.69, 9.17) is 16.0 Å². The number of thiophene rings is 1. The molecule has 7 heteroatoms. The van der Waals surface area contributed by atoms with Crippen LogP contribution in [0.5, 0.6) is 0 Å². The maximum atomic E-state index is 13.5. The number of hydrogen-bond acceptors (Lipinski definition) is 4. The molecule has 2 amide bonds. The van der Waals surface area contributed by atoms with Crippen molar-refractivity contribution in [2.45, 2.75) is 32.2 Å². The second-order valence-electron chi connectivity index (χ2n) is 7.65. The zero-order valence-corrected chi connectivity index (χ0v) is 19.0. The Morgan fingerprint density at radius 2 is 2.03 bits per heavy atom. The van der Waals surface area contributed by atoms with Crippen molar-refractivity contribution in [3.63, 3.8) is 0 Å². The van der Waals surface area contributed by atoms with E-state index in [1.54, 1.807) is 28.4 Å². The summed E-state index contributed by atoms with van der Waals surface area (Å²) in [5.41, 5.74) is 2.18. The molecule has 1 atom stereocenters. The van der Waals surface area contributed by atoms with Crippen LogP contribution in [0, 0.1) is 0 Å². The molecule has 3 heterocycles. The van der Waals surface area contributed by atoms with Gasteiger partial charge in [0.15, 0.2) is 5.76 Å². The Kier molecular flexibility index (Phi) is 6.78. The predicted octanol–water partition coefficient (Wildman–Crippen LogP) is 5.41. The second kappa shape index (κ2) is 9.71. The predicted molar refractivity (Wildman–Crippen MR) is 123 cm³/mol. The van der Waals surface area contributed by atoms with E-state index >= 15 is 0 Å². The van der Waals surface area contributed by atoms with Gasteiger partial charge in [-0.2, -0.15) is 0 Å². The number of nitrogens with zero attached hydrogens (tertiary/aromatic N) is 2. The molecule has 0 N–H and O–H groups in total. The Morgan fingerprint density at radius 3 is 2.74 bits per heavy atom. The minimum absolute atomic E-state index is 0.0308. The summed E-state index contributed by atoms with van der Waals surface area (Å²) in [5, 5.41) is 2.74. The SMILES string of the molecule is CCCCN(CC(=O)N1CCc2sccc2[C@H]1c1ccc(Cl)cc1)C(=O)c1ccco1. The van der Waals surface area contributed by atoms with E-state index in [-0.39, 0.29) is 30.2 Å². The molecule has 0 fully saturated rings. The molecule has 0 aliphatic carbocycles. The van der Waals surface area contributed by atoms with Crippen LogP contribution in [0.3, 0.4) is 0 Å². The quantitative estimate of drug-likeness (QED) is 0.477. The van der Waals surface area contributed by atoms with Gasteiger partial charge in [-0.15, -0.1) is 11.3 Å². The molecule has 4 rings (SSSR count). The Morgan fingerprint density at radius 1 is 1.23 bits per heavy atom. The Hall–Kier alpha value is -2.57. The maximum Gasteiger partial charge on any atom is 0.290 e. The second-order valence-corrected chi connectivity index (χ2v) is 9.09. The zero-order valence-electron chi connectivity index (χ0n) is 17.4. The number of rotatable bonds is 7. The summed E-state index contributed by atoms with van der Waals surface area (Å²) in [5.74, 6) is -0.0483. The number of carbonyl (C=O) groups excluding carboxylic acids is 2. The fraction of sp³-hybridized carbons (Fsp3) is 0.333. The highest BCUT2D eigenvalue weighted by Gasteiger charge is 2.34. The highest BCUT2D eigenvalue weighted by atomic mass is 35.5.